The van der Waals surface area contributed by atoms with Crippen LogP contribution in [0.5, 0.6) is 0 Å². The third-order valence-corrected chi connectivity index (χ3v) is 5.62. The minimum Gasteiger partial charge on any atom is -0.395 e. The van der Waals surface area contributed by atoms with Crippen LogP contribution < -0.4 is 4.90 Å². The monoisotopic (exact) mass is 471 g/mol. The Kier molecular flexibility index (Phi) is 6.16. The fourth-order valence-electron chi connectivity index (χ4n) is 3.88. The topological polar surface area (TPSA) is 61.5 Å². The van der Waals surface area contributed by atoms with Crippen LogP contribution >= 0.6 is 0 Å². The highest BCUT2D eigenvalue weighted by atomic mass is 19.4. The van der Waals surface area contributed by atoms with Crippen molar-refractivity contribution in [2.45, 2.75) is 11.8 Å². The van der Waals surface area contributed by atoms with Crippen LogP contribution in [0.4, 0.5) is 23.2 Å². The zero-order valence-electron chi connectivity index (χ0n) is 17.9. The second-order valence-corrected chi connectivity index (χ2v) is 7.66. The van der Waals surface area contributed by atoms with Crippen LogP contribution in [-0.4, -0.2) is 39.3 Å². The Morgan fingerprint density at radius 2 is 1.71 bits per heavy atom. The average Bonchev–Trinajstić information content (AvgIpc) is 3.25. The first kappa shape index (κ1) is 23.5. The molecule has 5 nitrogen and oxygen atoms in total. The number of anilines is 1. The number of aliphatic hydroxyl groups is 2. The molecule has 1 atom stereocenters. The van der Waals surface area contributed by atoms with E-state index in [1.807, 2.05) is 0 Å². The lowest BCUT2D eigenvalue weighted by Gasteiger charge is -2.32. The highest BCUT2D eigenvalue weighted by molar-refractivity contribution is 5.81. The summed E-state index contributed by atoms with van der Waals surface area (Å²) in [7, 11) is 0. The lowest BCUT2D eigenvalue weighted by atomic mass is 9.85. The van der Waals surface area contributed by atoms with Gasteiger partial charge in [-0.25, -0.2) is 9.07 Å². The summed E-state index contributed by atoms with van der Waals surface area (Å²) in [6.07, 6.45) is -2.27. The molecule has 4 aromatic rings. The number of rotatable bonds is 7. The molecule has 0 saturated carbocycles. The van der Waals surface area contributed by atoms with E-state index in [4.69, 9.17) is 0 Å². The van der Waals surface area contributed by atoms with E-state index < -0.39 is 17.6 Å². The van der Waals surface area contributed by atoms with Crippen LogP contribution in [-0.2, 0) is 5.60 Å². The molecular formula is C25H21F4N3O2. The molecular weight excluding hydrogens is 450 g/mol. The fourth-order valence-corrected chi connectivity index (χ4v) is 3.88. The Balaban J connectivity index is 1.83. The fraction of sp³-hybridized carbons (Fsp3) is 0.160. The van der Waals surface area contributed by atoms with Gasteiger partial charge in [0.15, 0.2) is 0 Å². The number of nitrogens with zero attached hydrogens (tertiary/aromatic N) is 3. The number of hydrogen-bond acceptors (Lipinski definition) is 4. The van der Waals surface area contributed by atoms with Crippen molar-refractivity contribution in [3.63, 3.8) is 0 Å². The van der Waals surface area contributed by atoms with Crippen LogP contribution in [0.15, 0.2) is 85.7 Å². The number of hydrogen-bond donors (Lipinski definition) is 2. The molecule has 1 unspecified atom stereocenters. The quantitative estimate of drug-likeness (QED) is 0.376. The standard InChI is InChI=1S/C25H21F4N3O2/c1-2-31(12-13-33)22-5-3-4-18(15-22)24(34,25(27,28)29)19-6-11-23-17(14-19)16-30-32(23)21-9-7-20(26)8-10-21/h2-11,14-16,33-34H,1,12-13H2. The van der Waals surface area contributed by atoms with Crippen molar-refractivity contribution in [1.29, 1.82) is 0 Å². The van der Waals surface area contributed by atoms with E-state index in [1.165, 1.54) is 82.6 Å². The summed E-state index contributed by atoms with van der Waals surface area (Å²) in [6.45, 7) is 3.52. The summed E-state index contributed by atoms with van der Waals surface area (Å²) >= 11 is 0. The zero-order valence-corrected chi connectivity index (χ0v) is 17.9. The lowest BCUT2D eigenvalue weighted by Crippen LogP contribution is -2.43. The molecule has 0 radical (unpaired) electrons. The van der Waals surface area contributed by atoms with E-state index in [2.05, 4.69) is 11.7 Å². The number of benzene rings is 3. The predicted molar refractivity (Wildman–Crippen MR) is 121 cm³/mol. The van der Waals surface area contributed by atoms with Gasteiger partial charge in [-0.3, -0.25) is 0 Å². The summed E-state index contributed by atoms with van der Waals surface area (Å²) in [5.41, 5.74) is -2.69. The van der Waals surface area contributed by atoms with E-state index in [0.29, 0.717) is 22.3 Å². The Bertz CT molecular complexity index is 1320. The van der Waals surface area contributed by atoms with E-state index in [1.54, 1.807) is 6.07 Å². The zero-order chi connectivity index (χ0) is 24.5. The van der Waals surface area contributed by atoms with Gasteiger partial charge in [-0.1, -0.05) is 24.8 Å². The molecule has 9 heteroatoms. The first-order valence-corrected chi connectivity index (χ1v) is 10.3. The number of aromatic nitrogens is 2. The van der Waals surface area contributed by atoms with Gasteiger partial charge in [0.25, 0.3) is 0 Å². The van der Waals surface area contributed by atoms with Crippen molar-refractivity contribution in [2.24, 2.45) is 0 Å². The highest BCUT2D eigenvalue weighted by Gasteiger charge is 2.56. The lowest BCUT2D eigenvalue weighted by molar-refractivity contribution is -0.248. The summed E-state index contributed by atoms with van der Waals surface area (Å²) in [5, 5.41) is 24.9. The number of aliphatic hydroxyl groups excluding tert-OH is 1. The summed E-state index contributed by atoms with van der Waals surface area (Å²) in [5.74, 6) is -0.422. The smallest absolute Gasteiger partial charge is 0.395 e. The van der Waals surface area contributed by atoms with Crippen LogP contribution in [0.3, 0.4) is 0 Å². The van der Waals surface area contributed by atoms with Gasteiger partial charge in [0, 0.05) is 17.6 Å². The number of fused-ring (bicyclic) bond motifs is 1. The number of alkyl halides is 3. The van der Waals surface area contributed by atoms with Crippen LogP contribution in [0, 0.1) is 5.82 Å². The summed E-state index contributed by atoms with van der Waals surface area (Å²) in [6, 6.07) is 14.8. The third kappa shape index (κ3) is 4.04. The maximum Gasteiger partial charge on any atom is 0.425 e. The van der Waals surface area contributed by atoms with Crippen molar-refractivity contribution in [1.82, 2.24) is 9.78 Å². The molecule has 0 aliphatic rings. The van der Waals surface area contributed by atoms with E-state index in [9.17, 15) is 27.8 Å². The molecule has 4 rings (SSSR count). The molecule has 0 bridgehead atoms. The van der Waals surface area contributed by atoms with Gasteiger partial charge in [0.2, 0.25) is 5.60 Å². The SMILES string of the molecule is C=CN(CCO)c1cccc(C(O)(c2ccc3c(cnn3-c3ccc(F)cc3)c2)C(F)(F)F)c1. The second-order valence-electron chi connectivity index (χ2n) is 7.66. The van der Waals surface area contributed by atoms with Gasteiger partial charge in [-0.2, -0.15) is 18.3 Å². The van der Waals surface area contributed by atoms with Crippen LogP contribution in [0.1, 0.15) is 11.1 Å². The van der Waals surface area contributed by atoms with Crippen molar-refractivity contribution < 1.29 is 27.8 Å². The van der Waals surface area contributed by atoms with Crippen molar-refractivity contribution in [3.05, 3.63) is 103 Å². The first-order valence-electron chi connectivity index (χ1n) is 10.3. The molecule has 3 aromatic carbocycles. The van der Waals surface area contributed by atoms with Gasteiger partial charge >= 0.3 is 6.18 Å². The molecule has 0 amide bonds. The molecule has 0 aliphatic carbocycles. The van der Waals surface area contributed by atoms with Gasteiger partial charge in [-0.05, 0) is 65.9 Å². The van der Waals surface area contributed by atoms with E-state index in [-0.39, 0.29) is 24.3 Å². The highest BCUT2D eigenvalue weighted by Crippen LogP contribution is 2.45. The summed E-state index contributed by atoms with van der Waals surface area (Å²) in [4.78, 5) is 1.48. The minimum atomic E-state index is -5.04. The van der Waals surface area contributed by atoms with Gasteiger partial charge < -0.3 is 15.1 Å². The molecule has 34 heavy (non-hydrogen) atoms. The Morgan fingerprint density at radius 3 is 2.35 bits per heavy atom. The largest absolute Gasteiger partial charge is 0.425 e. The van der Waals surface area contributed by atoms with Gasteiger partial charge in [-0.15, -0.1) is 0 Å². The van der Waals surface area contributed by atoms with Crippen LogP contribution in [0.25, 0.3) is 16.6 Å². The Morgan fingerprint density at radius 1 is 1.00 bits per heavy atom. The van der Waals surface area contributed by atoms with Gasteiger partial charge in [0.1, 0.15) is 5.82 Å². The molecule has 0 aliphatic heterocycles. The predicted octanol–water partition coefficient (Wildman–Crippen LogP) is 4.91. The third-order valence-electron chi connectivity index (χ3n) is 5.62. The molecule has 0 saturated heterocycles. The van der Waals surface area contributed by atoms with E-state index in [0.717, 1.165) is 0 Å². The Labute approximate surface area is 192 Å². The second kappa shape index (κ2) is 8.92. The molecule has 0 spiro atoms. The molecule has 0 fully saturated rings. The van der Waals surface area contributed by atoms with Gasteiger partial charge in [0.05, 0.1) is 24.0 Å². The minimum absolute atomic E-state index is 0.131. The summed E-state index contributed by atoms with van der Waals surface area (Å²) < 4.78 is 57.8. The molecule has 1 aromatic heterocycles. The normalized spacial score (nSPS) is 13.6. The number of halogens is 4. The van der Waals surface area contributed by atoms with Crippen molar-refractivity contribution in [3.8, 4) is 5.69 Å². The first-order chi connectivity index (χ1) is 16.2. The van der Waals surface area contributed by atoms with Crippen molar-refractivity contribution in [2.75, 3.05) is 18.1 Å². The van der Waals surface area contributed by atoms with Crippen molar-refractivity contribution >= 4 is 16.6 Å². The van der Waals surface area contributed by atoms with E-state index >= 15 is 0 Å². The maximum atomic E-state index is 14.4. The molecule has 176 valence electrons. The Hall–Kier alpha value is -3.69. The maximum absolute atomic E-state index is 14.4. The molecule has 1 heterocycles. The average molecular weight is 471 g/mol. The molecule has 2 N–H and O–H groups in total. The van der Waals surface area contributed by atoms with Crippen LogP contribution in [0.2, 0.25) is 0 Å².